The Morgan fingerprint density at radius 3 is 2.55 bits per heavy atom. The summed E-state index contributed by atoms with van der Waals surface area (Å²) in [7, 11) is 0. The van der Waals surface area contributed by atoms with Crippen molar-refractivity contribution in [2.24, 2.45) is 5.92 Å². The molecule has 0 aliphatic carbocycles. The summed E-state index contributed by atoms with van der Waals surface area (Å²) in [5.74, 6) is -1.65. The molecule has 2 N–H and O–H groups in total. The number of carboxylic acids is 1. The van der Waals surface area contributed by atoms with Gasteiger partial charge in [-0.25, -0.2) is 4.79 Å². The van der Waals surface area contributed by atoms with Crippen molar-refractivity contribution < 1.29 is 19.1 Å². The smallest absolute Gasteiger partial charge is 0.326 e. The number of carbonyl (C=O) groups excluding carboxylic acids is 1. The van der Waals surface area contributed by atoms with Crippen LogP contribution < -0.4 is 5.32 Å². The molecular weight excluding hydrogens is 258 g/mol. The molecule has 0 spiro atoms. The second-order valence-corrected chi connectivity index (χ2v) is 5.19. The number of hydrogen-bond acceptors (Lipinski definition) is 3. The van der Waals surface area contributed by atoms with E-state index in [0.717, 1.165) is 10.9 Å². The van der Waals surface area contributed by atoms with E-state index in [4.69, 9.17) is 9.52 Å². The van der Waals surface area contributed by atoms with E-state index in [9.17, 15) is 9.59 Å². The van der Waals surface area contributed by atoms with E-state index >= 15 is 0 Å². The molecule has 20 heavy (non-hydrogen) atoms. The average molecular weight is 275 g/mol. The molecule has 0 saturated carbocycles. The zero-order chi connectivity index (χ0) is 14.9. The lowest BCUT2D eigenvalue weighted by Gasteiger charge is -2.16. The fourth-order valence-corrected chi connectivity index (χ4v) is 2.00. The molecule has 1 heterocycles. The fourth-order valence-electron chi connectivity index (χ4n) is 2.00. The van der Waals surface area contributed by atoms with E-state index < -0.39 is 17.9 Å². The molecule has 0 aliphatic rings. The van der Waals surface area contributed by atoms with Gasteiger partial charge in [0.2, 0.25) is 0 Å². The summed E-state index contributed by atoms with van der Waals surface area (Å²) in [5, 5.41) is 12.4. The molecule has 1 aromatic carbocycles. The highest BCUT2D eigenvalue weighted by Gasteiger charge is 2.25. The average Bonchev–Trinajstić information content (AvgIpc) is 2.77. The molecule has 0 saturated heterocycles. The molecule has 5 nitrogen and oxygen atoms in total. The standard InChI is InChI=1S/C15H17NO4/c1-8(2)13(15(18)19)16-14(17)12-7-10-6-9(3)4-5-11(10)20-12/h4-8,13H,1-3H3,(H,16,17)(H,18,19)/t13-/m1/s1. The fraction of sp³-hybridized carbons (Fsp3) is 0.333. The van der Waals surface area contributed by atoms with Gasteiger partial charge in [-0.05, 0) is 31.0 Å². The van der Waals surface area contributed by atoms with Crippen molar-refractivity contribution in [3.05, 3.63) is 35.6 Å². The topological polar surface area (TPSA) is 79.5 Å². The van der Waals surface area contributed by atoms with Crippen LogP contribution in [0.5, 0.6) is 0 Å². The van der Waals surface area contributed by atoms with Gasteiger partial charge in [0.25, 0.3) is 5.91 Å². The van der Waals surface area contributed by atoms with Crippen LogP contribution >= 0.6 is 0 Å². The summed E-state index contributed by atoms with van der Waals surface area (Å²) >= 11 is 0. The second-order valence-electron chi connectivity index (χ2n) is 5.19. The first-order valence-corrected chi connectivity index (χ1v) is 6.42. The molecule has 2 aromatic rings. The van der Waals surface area contributed by atoms with Gasteiger partial charge in [0.05, 0.1) is 0 Å². The van der Waals surface area contributed by atoms with Gasteiger partial charge in [-0.2, -0.15) is 0 Å². The van der Waals surface area contributed by atoms with Crippen LogP contribution in [-0.2, 0) is 4.79 Å². The maximum Gasteiger partial charge on any atom is 0.326 e. The largest absolute Gasteiger partial charge is 0.480 e. The van der Waals surface area contributed by atoms with Gasteiger partial charge in [-0.15, -0.1) is 0 Å². The summed E-state index contributed by atoms with van der Waals surface area (Å²) in [4.78, 5) is 23.1. The van der Waals surface area contributed by atoms with Crippen molar-refractivity contribution in [2.45, 2.75) is 26.8 Å². The number of carboxylic acid groups (broad SMARTS) is 1. The molecule has 1 amide bonds. The highest BCUT2D eigenvalue weighted by atomic mass is 16.4. The van der Waals surface area contributed by atoms with Gasteiger partial charge in [0, 0.05) is 5.39 Å². The Balaban J connectivity index is 2.25. The first-order valence-electron chi connectivity index (χ1n) is 6.42. The zero-order valence-electron chi connectivity index (χ0n) is 11.6. The molecule has 5 heteroatoms. The molecule has 1 aromatic heterocycles. The third-order valence-electron chi connectivity index (χ3n) is 3.11. The molecule has 0 radical (unpaired) electrons. The van der Waals surface area contributed by atoms with E-state index in [0.29, 0.717) is 5.58 Å². The minimum Gasteiger partial charge on any atom is -0.480 e. The number of hydrogen-bond donors (Lipinski definition) is 2. The Morgan fingerprint density at radius 2 is 1.95 bits per heavy atom. The first kappa shape index (κ1) is 14.1. The van der Waals surface area contributed by atoms with Gasteiger partial charge < -0.3 is 14.8 Å². The molecule has 106 valence electrons. The number of aryl methyl sites for hydroxylation is 1. The van der Waals surface area contributed by atoms with Gasteiger partial charge in [0.1, 0.15) is 11.6 Å². The number of fused-ring (bicyclic) bond motifs is 1. The number of furan rings is 1. The van der Waals surface area contributed by atoms with Crippen LogP contribution in [0.1, 0.15) is 30.0 Å². The predicted molar refractivity (Wildman–Crippen MR) is 74.7 cm³/mol. The van der Waals surface area contributed by atoms with Crippen LogP contribution in [0.3, 0.4) is 0 Å². The van der Waals surface area contributed by atoms with Crippen molar-refractivity contribution in [3.8, 4) is 0 Å². The highest BCUT2D eigenvalue weighted by molar-refractivity contribution is 5.98. The molecular formula is C15H17NO4. The number of aliphatic carboxylic acids is 1. The van der Waals surface area contributed by atoms with Crippen LogP contribution in [0.4, 0.5) is 0 Å². The zero-order valence-corrected chi connectivity index (χ0v) is 11.6. The minimum absolute atomic E-state index is 0.123. The Kier molecular flexibility index (Phi) is 3.79. The third-order valence-corrected chi connectivity index (χ3v) is 3.11. The number of benzene rings is 1. The molecule has 0 bridgehead atoms. The Morgan fingerprint density at radius 1 is 1.25 bits per heavy atom. The highest BCUT2D eigenvalue weighted by Crippen LogP contribution is 2.20. The second kappa shape index (κ2) is 5.36. The van der Waals surface area contributed by atoms with E-state index in [1.54, 1.807) is 26.0 Å². The molecule has 2 rings (SSSR count). The summed E-state index contributed by atoms with van der Waals surface area (Å²) in [6.07, 6.45) is 0. The van der Waals surface area contributed by atoms with Gasteiger partial charge in [-0.1, -0.05) is 25.5 Å². The summed E-state index contributed by atoms with van der Waals surface area (Å²) in [6, 6.07) is 6.28. The molecule has 0 aliphatic heterocycles. The van der Waals surface area contributed by atoms with Crippen molar-refractivity contribution >= 4 is 22.8 Å². The number of amides is 1. The van der Waals surface area contributed by atoms with Crippen LogP contribution in [-0.4, -0.2) is 23.0 Å². The molecule has 1 atom stereocenters. The Bertz CT molecular complexity index is 657. The molecule has 0 fully saturated rings. The maximum atomic E-state index is 12.1. The normalized spacial score (nSPS) is 12.6. The first-order chi connectivity index (χ1) is 9.38. The lowest BCUT2D eigenvalue weighted by atomic mass is 10.0. The SMILES string of the molecule is Cc1ccc2oc(C(=O)N[C@@H](C(=O)O)C(C)C)cc2c1. The lowest BCUT2D eigenvalue weighted by molar-refractivity contribution is -0.140. The third kappa shape index (κ3) is 2.82. The maximum absolute atomic E-state index is 12.1. The van der Waals surface area contributed by atoms with Gasteiger partial charge in [-0.3, -0.25) is 4.79 Å². The van der Waals surface area contributed by atoms with Crippen molar-refractivity contribution in [1.82, 2.24) is 5.32 Å². The van der Waals surface area contributed by atoms with E-state index in [2.05, 4.69) is 5.32 Å². The quantitative estimate of drug-likeness (QED) is 0.898. The van der Waals surface area contributed by atoms with Gasteiger partial charge >= 0.3 is 5.97 Å². The van der Waals surface area contributed by atoms with E-state index in [1.807, 2.05) is 19.1 Å². The predicted octanol–water partition coefficient (Wildman–Crippen LogP) is 2.58. The lowest BCUT2D eigenvalue weighted by Crippen LogP contribution is -2.44. The van der Waals surface area contributed by atoms with Gasteiger partial charge in [0.15, 0.2) is 5.76 Å². The summed E-state index contributed by atoms with van der Waals surface area (Å²) in [6.45, 7) is 5.42. The van der Waals surface area contributed by atoms with Crippen molar-refractivity contribution in [1.29, 1.82) is 0 Å². The Hall–Kier alpha value is -2.30. The van der Waals surface area contributed by atoms with Crippen LogP contribution in [0, 0.1) is 12.8 Å². The number of nitrogens with one attached hydrogen (secondary N) is 1. The van der Waals surface area contributed by atoms with Crippen LogP contribution in [0.15, 0.2) is 28.7 Å². The van der Waals surface area contributed by atoms with E-state index in [1.165, 1.54) is 0 Å². The summed E-state index contributed by atoms with van der Waals surface area (Å²) < 4.78 is 5.44. The number of carbonyl (C=O) groups is 2. The van der Waals surface area contributed by atoms with E-state index in [-0.39, 0.29) is 11.7 Å². The monoisotopic (exact) mass is 275 g/mol. The number of rotatable bonds is 4. The minimum atomic E-state index is -1.06. The van der Waals surface area contributed by atoms with Crippen LogP contribution in [0.25, 0.3) is 11.0 Å². The van der Waals surface area contributed by atoms with Crippen molar-refractivity contribution in [3.63, 3.8) is 0 Å². The summed E-state index contributed by atoms with van der Waals surface area (Å²) in [5.41, 5.74) is 1.67. The molecule has 0 unspecified atom stereocenters. The van der Waals surface area contributed by atoms with Crippen molar-refractivity contribution in [2.75, 3.05) is 0 Å². The van der Waals surface area contributed by atoms with Crippen LogP contribution in [0.2, 0.25) is 0 Å². The Labute approximate surface area is 116 Å².